The molecule has 0 saturated carbocycles. The van der Waals surface area contributed by atoms with E-state index in [2.05, 4.69) is 9.97 Å². The second kappa shape index (κ2) is 11.3. The van der Waals surface area contributed by atoms with E-state index < -0.39 is 29.3 Å². The molecule has 0 spiro atoms. The van der Waals surface area contributed by atoms with Crippen molar-refractivity contribution in [2.45, 2.75) is 51.1 Å². The highest BCUT2D eigenvalue weighted by molar-refractivity contribution is 6.13. The number of fused-ring (bicyclic) bond motifs is 1. The quantitative estimate of drug-likeness (QED) is 0.536. The summed E-state index contributed by atoms with van der Waals surface area (Å²) in [7, 11) is 9.35. The first-order chi connectivity index (χ1) is 17.5. The van der Waals surface area contributed by atoms with Gasteiger partial charge in [0.25, 0.3) is 12.0 Å². The number of aryl methyl sites for hydroxylation is 2. The molecule has 2 unspecified atom stereocenters. The SMILES string of the molecule is CCc1cccc(C(F)F)c1F.[B]C1CC(OC)(c2cc3c(N)ncnc3n(C)c2=O)CCN1C(C)=O. The number of anilines is 1. The largest absolute Gasteiger partial charge is 0.383 e. The zero-order valence-electron chi connectivity index (χ0n) is 21.2. The summed E-state index contributed by atoms with van der Waals surface area (Å²) in [5.74, 6) is -1.11. The molecule has 0 bridgehead atoms. The fourth-order valence-electron chi connectivity index (χ4n) is 4.60. The number of amides is 1. The lowest BCUT2D eigenvalue weighted by Crippen LogP contribution is -2.53. The minimum atomic E-state index is -2.73. The number of likely N-dealkylation sites (tertiary alicyclic amines) is 1. The molecule has 3 aromatic rings. The molecule has 2 radical (unpaired) electrons. The van der Waals surface area contributed by atoms with Gasteiger partial charge in [-0.3, -0.25) is 14.2 Å². The Balaban J connectivity index is 0.000000266. The number of rotatable bonds is 4. The van der Waals surface area contributed by atoms with E-state index in [-0.39, 0.29) is 11.5 Å². The van der Waals surface area contributed by atoms with Gasteiger partial charge in [0.05, 0.1) is 24.4 Å². The Morgan fingerprint density at radius 2 is 2.05 bits per heavy atom. The zero-order chi connectivity index (χ0) is 27.5. The summed E-state index contributed by atoms with van der Waals surface area (Å²) in [6.45, 7) is 3.62. The van der Waals surface area contributed by atoms with Gasteiger partial charge in [-0.25, -0.2) is 23.1 Å². The molecule has 2 N–H and O–H groups in total. The number of nitrogens with two attached hydrogens (primary N) is 1. The number of pyridine rings is 1. The number of nitrogens with zero attached hydrogens (tertiary/aromatic N) is 4. The van der Waals surface area contributed by atoms with Crippen LogP contribution < -0.4 is 11.3 Å². The number of hydrogen-bond donors (Lipinski definition) is 1. The highest BCUT2D eigenvalue weighted by atomic mass is 19.3. The van der Waals surface area contributed by atoms with Gasteiger partial charge in [0, 0.05) is 27.6 Å². The van der Waals surface area contributed by atoms with E-state index in [9.17, 15) is 22.8 Å². The second-order valence-corrected chi connectivity index (χ2v) is 8.83. The highest BCUT2D eigenvalue weighted by Crippen LogP contribution is 2.38. The van der Waals surface area contributed by atoms with Gasteiger partial charge in [0.15, 0.2) is 0 Å². The van der Waals surface area contributed by atoms with E-state index in [1.54, 1.807) is 32.0 Å². The summed E-state index contributed by atoms with van der Waals surface area (Å²) in [4.78, 5) is 34.4. The maximum Gasteiger partial charge on any atom is 0.266 e. The van der Waals surface area contributed by atoms with Crippen LogP contribution in [0.5, 0.6) is 0 Å². The predicted octanol–water partition coefficient (Wildman–Crippen LogP) is 3.22. The van der Waals surface area contributed by atoms with E-state index in [4.69, 9.17) is 18.3 Å². The Hall–Kier alpha value is -3.41. The van der Waals surface area contributed by atoms with E-state index >= 15 is 0 Å². The van der Waals surface area contributed by atoms with Crippen molar-refractivity contribution in [1.82, 2.24) is 19.4 Å². The number of halogens is 3. The van der Waals surface area contributed by atoms with Gasteiger partial charge in [0.1, 0.15) is 29.2 Å². The van der Waals surface area contributed by atoms with Crippen LogP contribution in [0, 0.1) is 5.82 Å². The zero-order valence-corrected chi connectivity index (χ0v) is 21.2. The molecule has 8 nitrogen and oxygen atoms in total. The molecule has 12 heteroatoms. The Bertz CT molecular complexity index is 1350. The van der Waals surface area contributed by atoms with Crippen molar-refractivity contribution in [3.8, 4) is 0 Å². The third kappa shape index (κ3) is 5.48. The first-order valence-electron chi connectivity index (χ1n) is 11.7. The van der Waals surface area contributed by atoms with E-state index in [0.717, 1.165) is 6.07 Å². The summed E-state index contributed by atoms with van der Waals surface area (Å²) >= 11 is 0. The van der Waals surface area contributed by atoms with Crippen LogP contribution >= 0.6 is 0 Å². The minimum absolute atomic E-state index is 0.0961. The van der Waals surface area contributed by atoms with Crippen molar-refractivity contribution in [3.05, 3.63) is 63.5 Å². The van der Waals surface area contributed by atoms with Crippen LogP contribution in [0.1, 0.15) is 49.8 Å². The molecule has 1 aliphatic heterocycles. The van der Waals surface area contributed by atoms with Crippen LogP contribution in [0.2, 0.25) is 0 Å². The molecule has 1 fully saturated rings. The van der Waals surface area contributed by atoms with Crippen LogP contribution in [-0.2, 0) is 28.6 Å². The number of carbonyl (C=O) groups excluding carboxylic acids is 1. The predicted molar refractivity (Wildman–Crippen MR) is 135 cm³/mol. The fourth-order valence-corrected chi connectivity index (χ4v) is 4.60. The van der Waals surface area contributed by atoms with Crippen molar-refractivity contribution in [2.75, 3.05) is 19.4 Å². The molecule has 1 amide bonds. The lowest BCUT2D eigenvalue weighted by molar-refractivity contribution is -0.137. The number of piperidine rings is 1. The van der Waals surface area contributed by atoms with Gasteiger partial charge in [-0.2, -0.15) is 0 Å². The summed E-state index contributed by atoms with van der Waals surface area (Å²) in [5, 5.41) is 0.582. The summed E-state index contributed by atoms with van der Waals surface area (Å²) in [6, 6.07) is 5.76. The third-order valence-electron chi connectivity index (χ3n) is 6.74. The maximum atomic E-state index is 13.0. The van der Waals surface area contributed by atoms with Gasteiger partial charge in [-0.1, -0.05) is 25.1 Å². The fraction of sp³-hybridized carbons (Fsp3) is 0.440. The molecule has 196 valence electrons. The first kappa shape index (κ1) is 28.2. The molecule has 4 rings (SSSR count). The van der Waals surface area contributed by atoms with Crippen molar-refractivity contribution in [3.63, 3.8) is 0 Å². The van der Waals surface area contributed by atoms with E-state index in [0.29, 0.717) is 53.8 Å². The molecule has 2 atom stereocenters. The molecule has 3 heterocycles. The van der Waals surface area contributed by atoms with E-state index in [1.807, 2.05) is 0 Å². The van der Waals surface area contributed by atoms with Crippen LogP contribution in [0.25, 0.3) is 11.0 Å². The van der Waals surface area contributed by atoms with E-state index in [1.165, 1.54) is 30.0 Å². The number of methoxy groups -OCH3 is 1. The standard InChI is InChI=1S/C16H20BN5O3.C9H9F3/c1-9(23)22-5-4-16(25-3,7-12(22)17)11-6-10-13(18)19-8-20-14(10)21(2)15(11)24;1-2-6-4-3-5-7(8(6)10)9(11)12/h6,8,12H,4-5,7H2,1-3H3,(H2,18,19,20);3-5,9H,2H2,1H3. The smallest absolute Gasteiger partial charge is 0.266 e. The van der Waals surface area contributed by atoms with Crippen LogP contribution in [-0.4, -0.2) is 52.8 Å². The molecule has 1 aromatic carbocycles. The lowest BCUT2D eigenvalue weighted by Gasteiger charge is -2.45. The number of carbonyl (C=O) groups is 1. The number of alkyl halides is 2. The number of ether oxygens (including phenoxy) is 1. The van der Waals surface area contributed by atoms with Gasteiger partial charge < -0.3 is 15.4 Å². The summed E-state index contributed by atoms with van der Waals surface area (Å²) in [5.41, 5.74) is 5.59. The Morgan fingerprint density at radius 1 is 1.35 bits per heavy atom. The van der Waals surface area contributed by atoms with Gasteiger partial charge in [0.2, 0.25) is 5.91 Å². The van der Waals surface area contributed by atoms with Gasteiger partial charge in [-0.05, 0) is 36.8 Å². The molecular formula is C25H29BF3N5O3. The first-order valence-corrected chi connectivity index (χ1v) is 11.7. The highest BCUT2D eigenvalue weighted by Gasteiger charge is 2.42. The van der Waals surface area contributed by atoms with Crippen molar-refractivity contribution in [1.29, 1.82) is 0 Å². The van der Waals surface area contributed by atoms with Crippen molar-refractivity contribution < 1.29 is 22.7 Å². The van der Waals surface area contributed by atoms with Gasteiger partial charge in [-0.15, -0.1) is 0 Å². The molecule has 1 aliphatic rings. The third-order valence-corrected chi connectivity index (χ3v) is 6.74. The van der Waals surface area contributed by atoms with Crippen molar-refractivity contribution in [2.24, 2.45) is 7.05 Å². The molecule has 2 aromatic heterocycles. The summed E-state index contributed by atoms with van der Waals surface area (Å²) in [6.07, 6.45) is -0.185. The minimum Gasteiger partial charge on any atom is -0.383 e. The van der Waals surface area contributed by atoms with Crippen LogP contribution in [0.3, 0.4) is 0 Å². The Kier molecular flexibility index (Phi) is 8.62. The molecular weight excluding hydrogens is 486 g/mol. The average molecular weight is 515 g/mol. The number of benzene rings is 1. The normalized spacial score (nSPS) is 19.6. The molecule has 0 aliphatic carbocycles. The van der Waals surface area contributed by atoms with Gasteiger partial charge >= 0.3 is 0 Å². The monoisotopic (exact) mass is 515 g/mol. The number of nitrogen functional groups attached to an aromatic ring is 1. The number of hydrogen-bond acceptors (Lipinski definition) is 6. The molecule has 1 saturated heterocycles. The van der Waals surface area contributed by atoms with Crippen LogP contribution in [0.15, 0.2) is 35.4 Å². The Labute approximate surface area is 214 Å². The van der Waals surface area contributed by atoms with Crippen molar-refractivity contribution >= 4 is 30.6 Å². The second-order valence-electron chi connectivity index (χ2n) is 8.83. The average Bonchev–Trinajstić information content (AvgIpc) is 2.86. The number of aromatic nitrogens is 3. The topological polar surface area (TPSA) is 103 Å². The Morgan fingerprint density at radius 3 is 2.62 bits per heavy atom. The maximum absolute atomic E-state index is 13.0. The lowest BCUT2D eigenvalue weighted by atomic mass is 9.74. The summed E-state index contributed by atoms with van der Waals surface area (Å²) < 4.78 is 44.5. The van der Waals surface area contributed by atoms with Crippen LogP contribution in [0.4, 0.5) is 19.0 Å². The molecule has 37 heavy (non-hydrogen) atoms.